The molecule has 0 spiro atoms. The fraction of sp³-hybridized carbons (Fsp3) is 0.565. The van der Waals surface area contributed by atoms with Gasteiger partial charge in [0.25, 0.3) is 5.91 Å². The average Bonchev–Trinajstić information content (AvgIpc) is 3.21. The Morgan fingerprint density at radius 2 is 1.89 bits per heavy atom. The molecule has 3 aliphatic carbocycles. The molecule has 3 fully saturated rings. The highest BCUT2D eigenvalue weighted by atomic mass is 19.4. The van der Waals surface area contributed by atoms with Gasteiger partial charge in [0.2, 0.25) is 0 Å². The van der Waals surface area contributed by atoms with Gasteiger partial charge in [0.05, 0.1) is 42.8 Å². The normalized spacial score (nSPS) is 28.0. The standard InChI is InChI=1S/C23H22F7N3O5/c24-15-5-17-13(4-14(15)22(25,26)27)16(34)6-18(38-17)19(35)32-20-9-21(10-20,11-20)33-8-12(7-31-33)36-2-1-3-37-23(28,29)30/h4-5,7-8,16,18,34H,1-3,6,9-11H2,(H,32,35)/t16-,18-,20?,21?/m1/s1. The fourth-order valence-corrected chi connectivity index (χ4v) is 5.37. The van der Waals surface area contributed by atoms with E-state index >= 15 is 0 Å². The smallest absolute Gasteiger partial charge is 0.490 e. The summed E-state index contributed by atoms with van der Waals surface area (Å²) in [5, 5.41) is 17.4. The second kappa shape index (κ2) is 9.00. The van der Waals surface area contributed by atoms with Crippen molar-refractivity contribution in [3.8, 4) is 11.5 Å². The Morgan fingerprint density at radius 3 is 2.55 bits per heavy atom. The molecule has 2 bridgehead atoms. The molecule has 0 saturated heterocycles. The average molecular weight is 553 g/mol. The van der Waals surface area contributed by atoms with Crippen LogP contribution in [-0.2, 0) is 21.2 Å². The minimum absolute atomic E-state index is 0.00650. The number of ether oxygens (including phenoxy) is 3. The number of hydrogen-bond donors (Lipinski definition) is 2. The van der Waals surface area contributed by atoms with Crippen molar-refractivity contribution in [2.24, 2.45) is 0 Å². The molecule has 208 valence electrons. The summed E-state index contributed by atoms with van der Waals surface area (Å²) >= 11 is 0. The zero-order valence-electron chi connectivity index (χ0n) is 19.5. The summed E-state index contributed by atoms with van der Waals surface area (Å²) < 4.78 is 105. The SMILES string of the molecule is O=C(NC12CC(n3cc(OCCCOC(F)(F)F)cn3)(C1)C2)[C@H]1C[C@@H](O)c2cc(C(F)(F)F)c(F)cc2O1. The second-order valence-corrected chi connectivity index (χ2v) is 9.87. The highest BCUT2D eigenvalue weighted by Gasteiger charge is 2.70. The Bertz CT molecular complexity index is 1210. The molecule has 2 N–H and O–H groups in total. The Kier molecular flexibility index (Phi) is 6.29. The van der Waals surface area contributed by atoms with E-state index in [0.29, 0.717) is 37.1 Å². The fourth-order valence-electron chi connectivity index (χ4n) is 5.37. The third-order valence-corrected chi connectivity index (χ3v) is 7.02. The molecule has 4 aliphatic rings. The molecule has 0 unspecified atom stereocenters. The summed E-state index contributed by atoms with van der Waals surface area (Å²) in [7, 11) is 0. The molecular weight excluding hydrogens is 531 g/mol. The van der Waals surface area contributed by atoms with Gasteiger partial charge < -0.3 is 19.9 Å². The van der Waals surface area contributed by atoms with E-state index in [1.807, 2.05) is 0 Å². The van der Waals surface area contributed by atoms with E-state index in [9.17, 15) is 40.6 Å². The molecule has 2 heterocycles. The first-order valence-corrected chi connectivity index (χ1v) is 11.6. The summed E-state index contributed by atoms with van der Waals surface area (Å²) in [5.74, 6) is -2.08. The van der Waals surface area contributed by atoms with Crippen molar-refractivity contribution in [3.63, 3.8) is 0 Å². The minimum atomic E-state index is -4.94. The van der Waals surface area contributed by atoms with Crippen LogP contribution in [-0.4, -0.2) is 52.0 Å². The van der Waals surface area contributed by atoms with Crippen molar-refractivity contribution in [3.05, 3.63) is 41.5 Å². The number of amides is 1. The van der Waals surface area contributed by atoms with Crippen molar-refractivity contribution in [1.29, 1.82) is 0 Å². The maximum absolute atomic E-state index is 14.0. The second-order valence-electron chi connectivity index (χ2n) is 9.87. The predicted octanol–water partition coefficient (Wildman–Crippen LogP) is 3.98. The predicted molar refractivity (Wildman–Crippen MR) is 112 cm³/mol. The first kappa shape index (κ1) is 26.5. The minimum Gasteiger partial charge on any atom is -0.490 e. The number of benzene rings is 1. The maximum Gasteiger partial charge on any atom is 0.522 e. The number of nitrogens with one attached hydrogen (secondary N) is 1. The third kappa shape index (κ3) is 5.00. The molecular formula is C23H22F7N3O5. The Labute approximate surface area is 210 Å². The highest BCUT2D eigenvalue weighted by Crippen LogP contribution is 2.65. The number of hydrogen-bond acceptors (Lipinski definition) is 6. The molecule has 2 atom stereocenters. The molecule has 8 nitrogen and oxygen atoms in total. The van der Waals surface area contributed by atoms with E-state index < -0.39 is 54.2 Å². The van der Waals surface area contributed by atoms with Gasteiger partial charge in [-0.05, 0) is 25.3 Å². The lowest BCUT2D eigenvalue weighted by Crippen LogP contribution is -2.79. The zero-order valence-corrected chi connectivity index (χ0v) is 19.5. The summed E-state index contributed by atoms with van der Waals surface area (Å²) in [5.41, 5.74) is -2.66. The number of alkyl halides is 6. The van der Waals surface area contributed by atoms with Gasteiger partial charge in [-0.1, -0.05) is 0 Å². The number of aliphatic hydroxyl groups is 1. The lowest BCUT2D eigenvalue weighted by molar-refractivity contribution is -0.324. The van der Waals surface area contributed by atoms with Gasteiger partial charge in [0, 0.05) is 30.0 Å². The maximum atomic E-state index is 14.0. The molecule has 1 aromatic carbocycles. The third-order valence-electron chi connectivity index (χ3n) is 7.02. The van der Waals surface area contributed by atoms with Crippen molar-refractivity contribution in [2.45, 2.75) is 67.9 Å². The largest absolute Gasteiger partial charge is 0.522 e. The molecule has 2 aromatic rings. The zero-order chi connectivity index (χ0) is 27.5. The van der Waals surface area contributed by atoms with Gasteiger partial charge in [-0.25, -0.2) is 4.39 Å². The number of carbonyl (C=O) groups excluding carboxylic acids is 1. The van der Waals surface area contributed by atoms with Crippen LogP contribution in [0.3, 0.4) is 0 Å². The topological polar surface area (TPSA) is 94.8 Å². The highest BCUT2D eigenvalue weighted by molar-refractivity contribution is 5.83. The van der Waals surface area contributed by atoms with Crippen molar-refractivity contribution < 1.29 is 54.8 Å². The summed E-state index contributed by atoms with van der Waals surface area (Å²) in [4.78, 5) is 12.8. The molecule has 1 aliphatic heterocycles. The number of aromatic nitrogens is 2. The number of rotatable bonds is 8. The van der Waals surface area contributed by atoms with E-state index in [1.165, 1.54) is 6.20 Å². The number of nitrogens with zero attached hydrogens (tertiary/aromatic N) is 2. The van der Waals surface area contributed by atoms with Crippen LogP contribution in [0.2, 0.25) is 0 Å². The molecule has 6 rings (SSSR count). The lowest BCUT2D eigenvalue weighted by atomic mass is 9.44. The van der Waals surface area contributed by atoms with Crippen LogP contribution in [0.4, 0.5) is 30.7 Å². The summed E-state index contributed by atoms with van der Waals surface area (Å²) in [6, 6.07) is 1.02. The first-order chi connectivity index (χ1) is 17.7. The number of fused-ring (bicyclic) bond motifs is 1. The van der Waals surface area contributed by atoms with E-state index in [0.717, 1.165) is 0 Å². The van der Waals surface area contributed by atoms with Crippen molar-refractivity contribution in [2.75, 3.05) is 13.2 Å². The van der Waals surface area contributed by atoms with E-state index in [2.05, 4.69) is 15.2 Å². The molecule has 1 aromatic heterocycles. The van der Waals surface area contributed by atoms with Gasteiger partial charge in [-0.3, -0.25) is 14.2 Å². The van der Waals surface area contributed by atoms with Gasteiger partial charge in [0.15, 0.2) is 11.9 Å². The van der Waals surface area contributed by atoms with E-state index in [-0.39, 0.29) is 36.3 Å². The van der Waals surface area contributed by atoms with Gasteiger partial charge in [-0.2, -0.15) is 18.3 Å². The summed E-state index contributed by atoms with van der Waals surface area (Å²) in [6.07, 6.45) is -7.91. The van der Waals surface area contributed by atoms with Crippen LogP contribution in [0, 0.1) is 5.82 Å². The Hall–Kier alpha value is -3.07. The van der Waals surface area contributed by atoms with Crippen LogP contribution >= 0.6 is 0 Å². The molecule has 38 heavy (non-hydrogen) atoms. The van der Waals surface area contributed by atoms with Gasteiger partial charge in [-0.15, -0.1) is 13.2 Å². The van der Waals surface area contributed by atoms with Crippen LogP contribution in [0.15, 0.2) is 24.5 Å². The molecule has 1 amide bonds. The number of aliphatic hydroxyl groups excluding tert-OH is 1. The van der Waals surface area contributed by atoms with Crippen LogP contribution in [0.25, 0.3) is 0 Å². The van der Waals surface area contributed by atoms with Gasteiger partial charge in [0.1, 0.15) is 11.6 Å². The number of halogens is 7. The lowest BCUT2D eigenvalue weighted by Gasteiger charge is -2.70. The molecule has 0 radical (unpaired) electrons. The Morgan fingerprint density at radius 1 is 1.18 bits per heavy atom. The molecule has 3 saturated carbocycles. The van der Waals surface area contributed by atoms with E-state index in [1.54, 1.807) is 10.9 Å². The molecule has 15 heteroatoms. The van der Waals surface area contributed by atoms with Gasteiger partial charge >= 0.3 is 12.5 Å². The monoisotopic (exact) mass is 553 g/mol. The van der Waals surface area contributed by atoms with Crippen molar-refractivity contribution >= 4 is 5.91 Å². The van der Waals surface area contributed by atoms with Crippen LogP contribution in [0.5, 0.6) is 11.5 Å². The van der Waals surface area contributed by atoms with Crippen LogP contribution in [0.1, 0.15) is 49.3 Å². The van der Waals surface area contributed by atoms with E-state index in [4.69, 9.17) is 9.47 Å². The van der Waals surface area contributed by atoms with Crippen LogP contribution < -0.4 is 14.8 Å². The first-order valence-electron chi connectivity index (χ1n) is 11.6. The summed E-state index contributed by atoms with van der Waals surface area (Å²) in [6.45, 7) is -0.521. The Balaban J connectivity index is 1.13. The number of carbonyl (C=O) groups is 1. The van der Waals surface area contributed by atoms with Crippen molar-refractivity contribution in [1.82, 2.24) is 15.1 Å². The quantitative estimate of drug-likeness (QED) is 0.380.